The molecule has 0 unspecified atom stereocenters. The molecule has 0 radical (unpaired) electrons. The van der Waals surface area contributed by atoms with Gasteiger partial charge in [-0.1, -0.05) is 0 Å². The zero-order chi connectivity index (χ0) is 23.5. The molecule has 1 aromatic carbocycles. The molecule has 5 rings (SSSR count). The van der Waals surface area contributed by atoms with E-state index in [0.717, 1.165) is 68.1 Å². The van der Waals surface area contributed by atoms with E-state index >= 15 is 0 Å². The molecule has 3 heterocycles. The lowest BCUT2D eigenvalue weighted by Crippen LogP contribution is -2.34. The molecule has 3 aromatic rings. The summed E-state index contributed by atoms with van der Waals surface area (Å²) < 4.78 is 6.27. The lowest BCUT2D eigenvalue weighted by molar-refractivity contribution is 0.0697. The number of fused-ring (bicyclic) bond motifs is 1. The zero-order valence-electron chi connectivity index (χ0n) is 18.9. The minimum Gasteiger partial charge on any atom is -0.478 e. The van der Waals surface area contributed by atoms with Crippen molar-refractivity contribution >= 4 is 28.5 Å². The first-order valence-corrected chi connectivity index (χ1v) is 11.9. The van der Waals surface area contributed by atoms with Crippen molar-refractivity contribution in [2.24, 2.45) is 0 Å². The summed E-state index contributed by atoms with van der Waals surface area (Å²) in [5.41, 5.74) is 2.77. The highest BCUT2D eigenvalue weighted by atomic mass is 16.5. The van der Waals surface area contributed by atoms with Gasteiger partial charge < -0.3 is 25.6 Å². The van der Waals surface area contributed by atoms with Crippen molar-refractivity contribution < 1.29 is 19.7 Å². The van der Waals surface area contributed by atoms with Crippen LogP contribution >= 0.6 is 0 Å². The number of benzene rings is 1. The van der Waals surface area contributed by atoms with Crippen molar-refractivity contribution in [3.63, 3.8) is 0 Å². The van der Waals surface area contributed by atoms with E-state index in [1.165, 1.54) is 0 Å². The lowest BCUT2D eigenvalue weighted by Gasteiger charge is -2.27. The molecule has 178 valence electrons. The Bertz CT molecular complexity index is 1160. The molecule has 1 aliphatic carbocycles. The van der Waals surface area contributed by atoms with Gasteiger partial charge >= 0.3 is 5.97 Å². The third-order valence-corrected chi connectivity index (χ3v) is 6.70. The van der Waals surface area contributed by atoms with E-state index in [2.05, 4.69) is 20.6 Å². The molecule has 1 saturated carbocycles. The molecule has 0 amide bonds. The molecule has 9 nitrogen and oxygen atoms in total. The van der Waals surface area contributed by atoms with E-state index < -0.39 is 5.97 Å². The molecule has 2 aliphatic rings. The number of aliphatic hydroxyl groups excluding tert-OH is 1. The molecule has 9 heteroatoms. The monoisotopic (exact) mass is 463 g/mol. The standard InChI is InChI=1S/C25H29N5O4/c31-18-7-3-15(4-8-18)20-13-27-23(34-19-9-11-26-12-10-19)21-14-28-25(30-22(20)21)29-17-5-1-16(2-6-17)24(32)33/h1-2,5-6,13-15,18-19,26,31H,3-4,7-12H2,(H,32,33)(H,28,29,30)/t15-,18-. The van der Waals surface area contributed by atoms with E-state index in [1.807, 2.05) is 6.20 Å². The molecular formula is C25H29N5O4. The van der Waals surface area contributed by atoms with Gasteiger partial charge in [-0.15, -0.1) is 0 Å². The number of piperidine rings is 1. The van der Waals surface area contributed by atoms with Gasteiger partial charge in [-0.25, -0.2) is 19.7 Å². The first-order valence-electron chi connectivity index (χ1n) is 11.9. The number of aromatic nitrogens is 3. The Labute approximate surface area is 197 Å². The molecule has 1 saturated heterocycles. The van der Waals surface area contributed by atoms with Crippen LogP contribution in [-0.2, 0) is 0 Å². The molecule has 0 spiro atoms. The van der Waals surface area contributed by atoms with Crippen molar-refractivity contribution in [1.82, 2.24) is 20.3 Å². The Morgan fingerprint density at radius 3 is 2.44 bits per heavy atom. The maximum Gasteiger partial charge on any atom is 0.335 e. The highest BCUT2D eigenvalue weighted by Crippen LogP contribution is 2.38. The number of hydrogen-bond donors (Lipinski definition) is 4. The van der Waals surface area contributed by atoms with Crippen LogP contribution in [0.25, 0.3) is 10.9 Å². The van der Waals surface area contributed by atoms with Crippen LogP contribution in [0.4, 0.5) is 11.6 Å². The number of aliphatic hydroxyl groups is 1. The van der Waals surface area contributed by atoms with Crippen LogP contribution in [0.5, 0.6) is 5.88 Å². The van der Waals surface area contributed by atoms with Crippen LogP contribution in [0.1, 0.15) is 60.4 Å². The maximum atomic E-state index is 11.1. The highest BCUT2D eigenvalue weighted by Gasteiger charge is 2.25. The fourth-order valence-electron chi connectivity index (χ4n) is 4.75. The van der Waals surface area contributed by atoms with Crippen LogP contribution < -0.4 is 15.4 Å². The summed E-state index contributed by atoms with van der Waals surface area (Å²) in [4.78, 5) is 25.1. The predicted octanol–water partition coefficient (Wildman–Crippen LogP) is 3.62. The SMILES string of the molecule is O=C(O)c1ccc(Nc2ncc3c(OC4CCNCC4)ncc([C@H]4CC[C@H](O)CC4)c3n2)cc1. The van der Waals surface area contributed by atoms with Gasteiger partial charge in [0.05, 0.1) is 22.6 Å². The number of carbonyl (C=O) groups is 1. The molecule has 4 N–H and O–H groups in total. The fourth-order valence-corrected chi connectivity index (χ4v) is 4.75. The largest absolute Gasteiger partial charge is 0.478 e. The van der Waals surface area contributed by atoms with E-state index in [9.17, 15) is 9.90 Å². The van der Waals surface area contributed by atoms with Crippen molar-refractivity contribution in [1.29, 1.82) is 0 Å². The normalized spacial score (nSPS) is 21.3. The summed E-state index contributed by atoms with van der Waals surface area (Å²) in [6.07, 6.45) is 8.66. The highest BCUT2D eigenvalue weighted by molar-refractivity contribution is 5.88. The average Bonchev–Trinajstić information content (AvgIpc) is 2.86. The van der Waals surface area contributed by atoms with Crippen molar-refractivity contribution in [3.8, 4) is 5.88 Å². The lowest BCUT2D eigenvalue weighted by atomic mass is 9.83. The number of anilines is 2. The molecule has 1 aliphatic heterocycles. The van der Waals surface area contributed by atoms with Crippen molar-refractivity contribution in [2.45, 2.75) is 56.7 Å². The van der Waals surface area contributed by atoms with Gasteiger partial charge in [-0.3, -0.25) is 0 Å². The van der Waals surface area contributed by atoms with Crippen molar-refractivity contribution in [2.75, 3.05) is 18.4 Å². The third-order valence-electron chi connectivity index (χ3n) is 6.70. The summed E-state index contributed by atoms with van der Waals surface area (Å²) in [5, 5.41) is 26.4. The topological polar surface area (TPSA) is 129 Å². The number of nitrogens with one attached hydrogen (secondary N) is 2. The zero-order valence-corrected chi connectivity index (χ0v) is 18.9. The van der Waals surface area contributed by atoms with Crippen molar-refractivity contribution in [3.05, 3.63) is 47.8 Å². The summed E-state index contributed by atoms with van der Waals surface area (Å²) in [5.74, 6) is 0.277. The second kappa shape index (κ2) is 9.90. The molecule has 0 atom stereocenters. The number of pyridine rings is 1. The van der Waals surface area contributed by atoms with E-state index in [4.69, 9.17) is 14.8 Å². The van der Waals surface area contributed by atoms with Gasteiger partial charge in [0.1, 0.15) is 6.10 Å². The Balaban J connectivity index is 1.48. The average molecular weight is 464 g/mol. The Hall–Kier alpha value is -3.30. The second-order valence-corrected chi connectivity index (χ2v) is 9.05. The number of ether oxygens (including phenoxy) is 1. The minimum atomic E-state index is -0.968. The van der Waals surface area contributed by atoms with Crippen LogP contribution in [0.15, 0.2) is 36.7 Å². The number of aromatic carboxylic acids is 1. The molecule has 34 heavy (non-hydrogen) atoms. The number of nitrogens with zero attached hydrogens (tertiary/aromatic N) is 3. The predicted molar refractivity (Wildman–Crippen MR) is 128 cm³/mol. The smallest absolute Gasteiger partial charge is 0.335 e. The fraction of sp³-hybridized carbons (Fsp3) is 0.440. The van der Waals surface area contributed by atoms with Gasteiger partial charge in [-0.2, -0.15) is 0 Å². The second-order valence-electron chi connectivity index (χ2n) is 9.05. The summed E-state index contributed by atoms with van der Waals surface area (Å²) in [7, 11) is 0. The minimum absolute atomic E-state index is 0.109. The summed E-state index contributed by atoms with van der Waals surface area (Å²) >= 11 is 0. The van der Waals surface area contributed by atoms with E-state index in [0.29, 0.717) is 17.5 Å². The van der Waals surface area contributed by atoms with Gasteiger partial charge in [0.2, 0.25) is 11.8 Å². The Kier molecular flexibility index (Phi) is 6.55. The van der Waals surface area contributed by atoms with Gasteiger partial charge in [0, 0.05) is 23.6 Å². The maximum absolute atomic E-state index is 11.1. The number of rotatable bonds is 6. The molecule has 0 bridgehead atoms. The first-order chi connectivity index (χ1) is 16.6. The molecule has 2 fully saturated rings. The third kappa shape index (κ3) is 4.95. The number of hydrogen-bond acceptors (Lipinski definition) is 8. The van der Waals surface area contributed by atoms with Gasteiger partial charge in [0.25, 0.3) is 0 Å². The van der Waals surface area contributed by atoms with E-state index in [-0.39, 0.29) is 23.7 Å². The van der Waals surface area contributed by atoms with Crippen LogP contribution in [-0.4, -0.2) is 56.4 Å². The number of carboxylic acid groups (broad SMARTS) is 1. The van der Waals surface area contributed by atoms with Crippen LogP contribution in [0, 0.1) is 0 Å². The molecular weight excluding hydrogens is 434 g/mol. The number of carboxylic acids is 1. The summed E-state index contributed by atoms with van der Waals surface area (Å²) in [6.45, 7) is 1.85. The van der Waals surface area contributed by atoms with Gasteiger partial charge in [-0.05, 0) is 81.8 Å². The quantitative estimate of drug-likeness (QED) is 0.433. The van der Waals surface area contributed by atoms with E-state index in [1.54, 1.807) is 30.5 Å². The van der Waals surface area contributed by atoms with Crippen LogP contribution in [0.3, 0.4) is 0 Å². The Morgan fingerprint density at radius 2 is 1.74 bits per heavy atom. The molecule has 2 aromatic heterocycles. The summed E-state index contributed by atoms with van der Waals surface area (Å²) in [6, 6.07) is 6.47. The van der Waals surface area contributed by atoms with Gasteiger partial charge in [0.15, 0.2) is 0 Å². The van der Waals surface area contributed by atoms with Crippen LogP contribution in [0.2, 0.25) is 0 Å². The Morgan fingerprint density at radius 1 is 1.00 bits per heavy atom. The first kappa shape index (κ1) is 22.5.